The Labute approximate surface area is 173 Å². The van der Waals surface area contributed by atoms with E-state index >= 15 is 0 Å². The quantitative estimate of drug-likeness (QED) is 0.108. The zero-order chi connectivity index (χ0) is 21.6. The monoisotopic (exact) mass is 460 g/mol. The van der Waals surface area contributed by atoms with Crippen LogP contribution in [0.2, 0.25) is 0 Å². The minimum absolute atomic E-state index is 0.0850. The molecule has 0 aromatic carbocycles. The number of carbonyl (C=O) groups is 4. The number of carbonyl (C=O) groups excluding carboxylic acids is 3. The first-order chi connectivity index (χ1) is 13.3. The molecule has 1 N–H and O–H groups in total. The Morgan fingerprint density at radius 3 is 2.07 bits per heavy atom. The van der Waals surface area contributed by atoms with E-state index in [0.717, 1.165) is 12.7 Å². The summed E-state index contributed by atoms with van der Waals surface area (Å²) in [6.45, 7) is 0.754. The van der Waals surface area contributed by atoms with Gasteiger partial charge in [-0.3, -0.25) is 9.59 Å². The Bertz CT molecular complexity index is 505. The first-order valence-corrected chi connectivity index (χ1v) is 11.5. The minimum atomic E-state index is -3.04. The lowest BCUT2D eigenvalue weighted by Crippen LogP contribution is -2.56. The molecule has 0 aliphatic rings. The smallest absolute Gasteiger partial charge is 0.371 e. The van der Waals surface area contributed by atoms with Crippen molar-refractivity contribution < 1.29 is 47.5 Å². The SMILES string of the molecule is COC(COPOCC(CSC)OC(=O)C(OC=O)(C(C)=O)C(=O)O)CSC. The molecule has 0 amide bonds. The van der Waals surface area contributed by atoms with Crippen molar-refractivity contribution in [2.45, 2.75) is 24.7 Å². The van der Waals surface area contributed by atoms with E-state index in [0.29, 0.717) is 6.61 Å². The van der Waals surface area contributed by atoms with Gasteiger partial charge in [0.15, 0.2) is 14.8 Å². The largest absolute Gasteiger partial charge is 0.477 e. The van der Waals surface area contributed by atoms with Gasteiger partial charge in [-0.05, 0) is 19.4 Å². The maximum Gasteiger partial charge on any atom is 0.371 e. The van der Waals surface area contributed by atoms with Crippen LogP contribution in [0.4, 0.5) is 0 Å². The van der Waals surface area contributed by atoms with Crippen molar-refractivity contribution in [3.05, 3.63) is 0 Å². The predicted molar refractivity (Wildman–Crippen MR) is 106 cm³/mol. The molecule has 4 unspecified atom stereocenters. The number of methoxy groups -OCH3 is 1. The van der Waals surface area contributed by atoms with Crippen molar-refractivity contribution in [1.82, 2.24) is 0 Å². The fourth-order valence-electron chi connectivity index (χ4n) is 1.84. The summed E-state index contributed by atoms with van der Waals surface area (Å²) in [7, 11) is 1.22. The first kappa shape index (κ1) is 27.1. The highest BCUT2D eigenvalue weighted by Gasteiger charge is 2.56. The van der Waals surface area contributed by atoms with Crippen LogP contribution in [0.5, 0.6) is 0 Å². The molecule has 0 radical (unpaired) electrons. The molecule has 0 saturated carbocycles. The third-order valence-electron chi connectivity index (χ3n) is 3.28. The van der Waals surface area contributed by atoms with Crippen molar-refractivity contribution in [2.75, 3.05) is 44.3 Å². The van der Waals surface area contributed by atoms with E-state index in [2.05, 4.69) is 4.74 Å². The average Bonchev–Trinajstić information content (AvgIpc) is 2.64. The number of carboxylic acids is 1. The molecule has 0 rings (SSSR count). The number of aliphatic carboxylic acids is 1. The zero-order valence-electron chi connectivity index (χ0n) is 16.0. The van der Waals surface area contributed by atoms with Crippen LogP contribution in [-0.2, 0) is 42.4 Å². The summed E-state index contributed by atoms with van der Waals surface area (Å²) in [6, 6.07) is 0. The highest BCUT2D eigenvalue weighted by Crippen LogP contribution is 2.20. The van der Waals surface area contributed by atoms with Gasteiger partial charge in [0.25, 0.3) is 6.47 Å². The Morgan fingerprint density at radius 2 is 1.64 bits per heavy atom. The van der Waals surface area contributed by atoms with Gasteiger partial charge in [-0.1, -0.05) is 0 Å². The van der Waals surface area contributed by atoms with Crippen LogP contribution in [0.25, 0.3) is 0 Å². The van der Waals surface area contributed by atoms with E-state index in [1.807, 2.05) is 6.26 Å². The highest BCUT2D eigenvalue weighted by molar-refractivity contribution is 7.98. The van der Waals surface area contributed by atoms with Crippen molar-refractivity contribution >= 4 is 56.8 Å². The van der Waals surface area contributed by atoms with Crippen LogP contribution < -0.4 is 0 Å². The molecule has 28 heavy (non-hydrogen) atoms. The van der Waals surface area contributed by atoms with Gasteiger partial charge in [-0.25, -0.2) is 9.59 Å². The van der Waals surface area contributed by atoms with E-state index in [9.17, 15) is 24.3 Å². The molecule has 0 heterocycles. The fraction of sp³-hybridized carbons (Fsp3) is 0.733. The molecule has 4 atom stereocenters. The lowest BCUT2D eigenvalue weighted by atomic mass is 9.99. The summed E-state index contributed by atoms with van der Waals surface area (Å²) in [5, 5.41) is 9.23. The predicted octanol–water partition coefficient (Wildman–Crippen LogP) is 0.766. The number of hydrogen-bond acceptors (Lipinski definition) is 11. The van der Waals surface area contributed by atoms with Crippen molar-refractivity contribution in [2.24, 2.45) is 0 Å². The maximum atomic E-state index is 12.3. The first-order valence-electron chi connectivity index (χ1n) is 7.86. The second-order valence-electron chi connectivity index (χ2n) is 5.26. The highest BCUT2D eigenvalue weighted by atomic mass is 32.2. The Kier molecular flexibility index (Phi) is 14.5. The molecule has 0 aliphatic heterocycles. The van der Waals surface area contributed by atoms with E-state index < -0.39 is 29.4 Å². The third-order valence-corrected chi connectivity index (χ3v) is 5.26. The number of ketones is 1. The molecular formula is C15H25O10PS2. The molecular weight excluding hydrogens is 435 g/mol. The van der Waals surface area contributed by atoms with Gasteiger partial charge in [0.05, 0.1) is 19.3 Å². The van der Waals surface area contributed by atoms with Crippen LogP contribution in [0.3, 0.4) is 0 Å². The Hall–Kier alpha value is -0.910. The average molecular weight is 460 g/mol. The number of esters is 1. The fourth-order valence-corrected chi connectivity index (χ4v) is 3.57. The van der Waals surface area contributed by atoms with Crippen molar-refractivity contribution in [3.63, 3.8) is 0 Å². The standard InChI is InChI=1S/C15H25O10PS2/c1-10(17)15(13(18)19,22-9-16)14(20)25-12(8-28-4)6-24-26-23-5-11(21-2)7-27-3/h9,11-12,26H,5-8H2,1-4H3,(H,18,19). The molecule has 162 valence electrons. The molecule has 10 nitrogen and oxygen atoms in total. The Balaban J connectivity index is 4.78. The zero-order valence-corrected chi connectivity index (χ0v) is 18.6. The van der Waals surface area contributed by atoms with Crippen LogP contribution in [-0.4, -0.2) is 91.5 Å². The summed E-state index contributed by atoms with van der Waals surface area (Å²) >= 11 is 2.92. The maximum absolute atomic E-state index is 12.3. The Morgan fingerprint density at radius 1 is 1.11 bits per heavy atom. The number of carboxylic acid groups (broad SMARTS) is 1. The van der Waals surface area contributed by atoms with Gasteiger partial charge in [-0.15, -0.1) is 0 Å². The summed E-state index contributed by atoms with van der Waals surface area (Å²) in [4.78, 5) is 46.0. The molecule has 0 aromatic rings. The topological polar surface area (TPSA) is 135 Å². The molecule has 13 heteroatoms. The summed E-state index contributed by atoms with van der Waals surface area (Å²) in [5.74, 6) is -3.60. The van der Waals surface area contributed by atoms with Gasteiger partial charge in [0.1, 0.15) is 6.10 Å². The normalized spacial score (nSPS) is 15.6. The molecule has 0 saturated heterocycles. The number of hydrogen-bond donors (Lipinski definition) is 1. The number of thioether (sulfide) groups is 2. The van der Waals surface area contributed by atoms with Gasteiger partial charge in [0.2, 0.25) is 0 Å². The number of rotatable bonds is 17. The molecule has 0 aromatic heterocycles. The van der Waals surface area contributed by atoms with Crippen molar-refractivity contribution in [3.8, 4) is 0 Å². The summed E-state index contributed by atoms with van der Waals surface area (Å²) < 4.78 is 25.3. The van der Waals surface area contributed by atoms with E-state index in [1.54, 1.807) is 25.1 Å². The molecule has 0 fully saturated rings. The summed E-state index contributed by atoms with van der Waals surface area (Å²) in [5.41, 5.74) is -3.04. The van der Waals surface area contributed by atoms with E-state index in [-0.39, 0.29) is 34.0 Å². The van der Waals surface area contributed by atoms with Gasteiger partial charge in [0, 0.05) is 18.6 Å². The van der Waals surface area contributed by atoms with Crippen LogP contribution >= 0.6 is 32.6 Å². The van der Waals surface area contributed by atoms with E-state index in [1.165, 1.54) is 11.8 Å². The third kappa shape index (κ3) is 8.62. The summed E-state index contributed by atoms with van der Waals surface area (Å²) in [6.07, 6.45) is 2.72. The van der Waals surface area contributed by atoms with Gasteiger partial charge in [-0.2, -0.15) is 23.5 Å². The van der Waals surface area contributed by atoms with Crippen LogP contribution in [0.1, 0.15) is 6.92 Å². The van der Waals surface area contributed by atoms with Gasteiger partial charge < -0.3 is 28.4 Å². The van der Waals surface area contributed by atoms with Crippen molar-refractivity contribution in [1.29, 1.82) is 0 Å². The molecule has 0 bridgehead atoms. The lowest BCUT2D eigenvalue weighted by molar-refractivity contribution is -0.192. The van der Waals surface area contributed by atoms with Crippen LogP contribution in [0.15, 0.2) is 0 Å². The molecule has 0 spiro atoms. The lowest BCUT2D eigenvalue weighted by Gasteiger charge is -2.25. The van der Waals surface area contributed by atoms with Crippen LogP contribution in [0, 0.1) is 0 Å². The van der Waals surface area contributed by atoms with E-state index in [4.69, 9.17) is 18.5 Å². The number of ether oxygens (including phenoxy) is 3. The molecule has 0 aliphatic carbocycles. The number of Topliss-reactive ketones (excluding diaryl/α,β-unsaturated/α-hetero) is 1. The second-order valence-corrected chi connectivity index (χ2v) is 7.82. The van der Waals surface area contributed by atoms with Gasteiger partial charge >= 0.3 is 17.5 Å². The minimum Gasteiger partial charge on any atom is -0.477 e. The second kappa shape index (κ2) is 15.0.